The van der Waals surface area contributed by atoms with Crippen molar-refractivity contribution in [2.75, 3.05) is 32.1 Å². The molecule has 0 aliphatic carbocycles. The zero-order valence-corrected chi connectivity index (χ0v) is 11.5. The second-order valence-corrected chi connectivity index (χ2v) is 6.39. The van der Waals surface area contributed by atoms with Crippen molar-refractivity contribution in [2.24, 2.45) is 0 Å². The number of sulfonamides is 1. The normalized spacial score (nSPS) is 11.6. The van der Waals surface area contributed by atoms with Gasteiger partial charge in [-0.05, 0) is 18.2 Å². The fraction of sp³-hybridized carbons (Fsp3) is 0.364. The summed E-state index contributed by atoms with van der Waals surface area (Å²) >= 11 is 0. The highest BCUT2D eigenvalue weighted by Gasteiger charge is 2.14. The summed E-state index contributed by atoms with van der Waals surface area (Å²) < 4.78 is 36.9. The van der Waals surface area contributed by atoms with Crippen molar-refractivity contribution in [3.05, 3.63) is 29.6 Å². The van der Waals surface area contributed by atoms with Gasteiger partial charge in [0.1, 0.15) is 5.82 Å². The van der Waals surface area contributed by atoms with Gasteiger partial charge in [0.25, 0.3) is 5.91 Å². The maximum Gasteiger partial charge on any atom is 0.251 e. The molecular formula is C11H16FN3O3S. The highest BCUT2D eigenvalue weighted by Crippen LogP contribution is 2.11. The Balaban J connectivity index is 2.59. The summed E-state index contributed by atoms with van der Waals surface area (Å²) in [5.41, 5.74) is 5.39. The monoisotopic (exact) mass is 289 g/mol. The molecule has 0 aliphatic heterocycles. The van der Waals surface area contributed by atoms with Crippen LogP contribution in [0.4, 0.5) is 10.1 Å². The highest BCUT2D eigenvalue weighted by molar-refractivity contribution is 7.89. The second-order valence-electron chi connectivity index (χ2n) is 4.09. The van der Waals surface area contributed by atoms with E-state index in [0.29, 0.717) is 0 Å². The first kappa shape index (κ1) is 15.4. The molecule has 6 nitrogen and oxygen atoms in total. The van der Waals surface area contributed by atoms with E-state index in [4.69, 9.17) is 5.73 Å². The number of amides is 1. The predicted octanol–water partition coefficient (Wildman–Crippen LogP) is 0.0291. The summed E-state index contributed by atoms with van der Waals surface area (Å²) in [6.07, 6.45) is 0. The Kier molecular flexibility index (Phi) is 4.84. The topological polar surface area (TPSA) is 92.5 Å². The van der Waals surface area contributed by atoms with Crippen molar-refractivity contribution < 1.29 is 17.6 Å². The molecule has 3 N–H and O–H groups in total. The first-order valence-corrected chi connectivity index (χ1v) is 7.08. The molecule has 0 saturated carbocycles. The van der Waals surface area contributed by atoms with Gasteiger partial charge in [-0.2, -0.15) is 0 Å². The number of carbonyl (C=O) groups is 1. The Hall–Kier alpha value is -1.67. The number of carbonyl (C=O) groups excluding carboxylic acids is 1. The Morgan fingerprint density at radius 2 is 2.05 bits per heavy atom. The summed E-state index contributed by atoms with van der Waals surface area (Å²) in [6.45, 7) is -0.0311. The molecule has 0 unspecified atom stereocenters. The van der Waals surface area contributed by atoms with Crippen molar-refractivity contribution in [1.29, 1.82) is 0 Å². The molecule has 0 fully saturated rings. The summed E-state index contributed by atoms with van der Waals surface area (Å²) in [7, 11) is -0.528. The van der Waals surface area contributed by atoms with Crippen LogP contribution in [-0.4, -0.2) is 45.0 Å². The molecule has 1 aromatic carbocycles. The molecule has 1 rings (SSSR count). The smallest absolute Gasteiger partial charge is 0.251 e. The number of halogens is 1. The molecule has 106 valence electrons. The van der Waals surface area contributed by atoms with Crippen LogP contribution < -0.4 is 11.1 Å². The first-order valence-electron chi connectivity index (χ1n) is 5.47. The standard InChI is InChI=1S/C11H16FN3O3S/c1-15(2)19(17,18)6-5-14-11(16)8-3-4-9(12)10(13)7-8/h3-4,7H,5-6,13H2,1-2H3,(H,14,16). The molecule has 0 spiro atoms. The molecule has 1 amide bonds. The number of anilines is 1. The molecule has 0 atom stereocenters. The zero-order chi connectivity index (χ0) is 14.6. The van der Waals surface area contributed by atoms with E-state index in [9.17, 15) is 17.6 Å². The van der Waals surface area contributed by atoms with Gasteiger partial charge in [0.05, 0.1) is 11.4 Å². The lowest BCUT2D eigenvalue weighted by Crippen LogP contribution is -2.33. The van der Waals surface area contributed by atoms with Crippen molar-refractivity contribution in [2.45, 2.75) is 0 Å². The van der Waals surface area contributed by atoms with Crippen LogP contribution in [0.1, 0.15) is 10.4 Å². The van der Waals surface area contributed by atoms with Crippen LogP contribution in [0.5, 0.6) is 0 Å². The van der Waals surface area contributed by atoms with Crippen LogP contribution in [0.3, 0.4) is 0 Å². The van der Waals surface area contributed by atoms with Crippen LogP contribution in [0, 0.1) is 5.82 Å². The highest BCUT2D eigenvalue weighted by atomic mass is 32.2. The van der Waals surface area contributed by atoms with Gasteiger partial charge in [0.15, 0.2) is 0 Å². The number of benzene rings is 1. The van der Waals surface area contributed by atoms with E-state index < -0.39 is 21.7 Å². The summed E-state index contributed by atoms with van der Waals surface area (Å²) in [5.74, 6) is -1.31. The van der Waals surface area contributed by atoms with Crippen LogP contribution in [0.15, 0.2) is 18.2 Å². The second kappa shape index (κ2) is 5.98. The Morgan fingerprint density at radius 3 is 2.58 bits per heavy atom. The molecular weight excluding hydrogens is 273 g/mol. The molecule has 19 heavy (non-hydrogen) atoms. The fourth-order valence-corrected chi connectivity index (χ4v) is 1.99. The summed E-state index contributed by atoms with van der Waals surface area (Å²) in [6, 6.07) is 3.56. The van der Waals surface area contributed by atoms with Gasteiger partial charge in [-0.1, -0.05) is 0 Å². The molecule has 0 heterocycles. The Labute approximate surface area is 111 Å². The summed E-state index contributed by atoms with van der Waals surface area (Å²) in [4.78, 5) is 11.7. The lowest BCUT2D eigenvalue weighted by molar-refractivity contribution is 0.0956. The van der Waals surface area contributed by atoms with Crippen LogP contribution >= 0.6 is 0 Å². The van der Waals surface area contributed by atoms with E-state index in [2.05, 4.69) is 5.32 Å². The molecule has 0 saturated heterocycles. The zero-order valence-electron chi connectivity index (χ0n) is 10.7. The minimum Gasteiger partial charge on any atom is -0.396 e. The lowest BCUT2D eigenvalue weighted by Gasteiger charge is -2.11. The number of nitrogens with one attached hydrogen (secondary N) is 1. The third-order valence-electron chi connectivity index (χ3n) is 2.46. The number of nitrogen functional groups attached to an aromatic ring is 1. The Bertz CT molecular complexity index is 573. The number of hydrogen-bond acceptors (Lipinski definition) is 4. The largest absolute Gasteiger partial charge is 0.396 e. The van der Waals surface area contributed by atoms with Gasteiger partial charge in [-0.15, -0.1) is 0 Å². The van der Waals surface area contributed by atoms with E-state index >= 15 is 0 Å². The number of nitrogens with zero attached hydrogens (tertiary/aromatic N) is 1. The van der Waals surface area contributed by atoms with E-state index in [-0.39, 0.29) is 23.5 Å². The molecule has 0 radical (unpaired) electrons. The quantitative estimate of drug-likeness (QED) is 0.748. The number of nitrogens with two attached hydrogens (primary N) is 1. The molecule has 8 heteroatoms. The minimum absolute atomic E-state index is 0.0311. The fourth-order valence-electron chi connectivity index (χ4n) is 1.26. The molecule has 0 aliphatic rings. The van der Waals surface area contributed by atoms with E-state index in [1.807, 2.05) is 0 Å². The minimum atomic E-state index is -3.36. The van der Waals surface area contributed by atoms with Gasteiger partial charge < -0.3 is 11.1 Å². The summed E-state index contributed by atoms with van der Waals surface area (Å²) in [5, 5.41) is 2.43. The van der Waals surface area contributed by atoms with E-state index in [1.165, 1.54) is 26.2 Å². The maximum absolute atomic E-state index is 12.9. The van der Waals surface area contributed by atoms with Crippen LogP contribution in [0.2, 0.25) is 0 Å². The van der Waals surface area contributed by atoms with Gasteiger partial charge in [0.2, 0.25) is 10.0 Å². The molecule has 0 aromatic heterocycles. The van der Waals surface area contributed by atoms with E-state index in [1.54, 1.807) is 0 Å². The van der Waals surface area contributed by atoms with Crippen molar-refractivity contribution in [3.63, 3.8) is 0 Å². The molecule has 0 bridgehead atoms. The number of rotatable bonds is 5. The van der Waals surface area contributed by atoms with Gasteiger partial charge in [-0.3, -0.25) is 4.79 Å². The molecule has 1 aromatic rings. The van der Waals surface area contributed by atoms with Gasteiger partial charge in [-0.25, -0.2) is 17.1 Å². The third-order valence-corrected chi connectivity index (χ3v) is 4.29. The van der Waals surface area contributed by atoms with Crippen LogP contribution in [-0.2, 0) is 10.0 Å². The van der Waals surface area contributed by atoms with Crippen molar-refractivity contribution >= 4 is 21.6 Å². The van der Waals surface area contributed by atoms with Gasteiger partial charge in [0, 0.05) is 26.2 Å². The van der Waals surface area contributed by atoms with Gasteiger partial charge >= 0.3 is 0 Å². The predicted molar refractivity (Wildman–Crippen MR) is 70.6 cm³/mol. The third kappa shape index (κ3) is 4.18. The SMILES string of the molecule is CN(C)S(=O)(=O)CCNC(=O)c1ccc(F)c(N)c1. The first-order chi connectivity index (χ1) is 8.74. The van der Waals surface area contributed by atoms with Crippen molar-refractivity contribution in [3.8, 4) is 0 Å². The number of hydrogen-bond donors (Lipinski definition) is 2. The average Bonchev–Trinajstić information content (AvgIpc) is 2.32. The Morgan fingerprint density at radius 1 is 1.42 bits per heavy atom. The average molecular weight is 289 g/mol. The van der Waals surface area contributed by atoms with Crippen molar-refractivity contribution in [1.82, 2.24) is 9.62 Å². The maximum atomic E-state index is 12.9. The van der Waals surface area contributed by atoms with Crippen LogP contribution in [0.25, 0.3) is 0 Å². The lowest BCUT2D eigenvalue weighted by atomic mass is 10.2. The van der Waals surface area contributed by atoms with E-state index in [0.717, 1.165) is 10.4 Å².